The normalized spacial score (nSPS) is 10.6. The Labute approximate surface area is 149 Å². The van der Waals surface area contributed by atoms with Gasteiger partial charge in [-0.1, -0.05) is 23.8 Å². The number of urea groups is 1. The van der Waals surface area contributed by atoms with Crippen molar-refractivity contribution in [3.8, 4) is 9.88 Å². The van der Waals surface area contributed by atoms with E-state index in [-0.39, 0.29) is 6.03 Å². The van der Waals surface area contributed by atoms with E-state index in [0.717, 1.165) is 31.7 Å². The van der Waals surface area contributed by atoms with Crippen LogP contribution < -0.4 is 10.6 Å². The van der Waals surface area contributed by atoms with Gasteiger partial charge in [-0.15, -0.1) is 22.7 Å². The number of nitrogens with one attached hydrogen (secondary N) is 2. The second kappa shape index (κ2) is 7.15. The number of aromatic nitrogens is 1. The van der Waals surface area contributed by atoms with Gasteiger partial charge in [-0.25, -0.2) is 9.78 Å². The number of carbonyl (C=O) groups is 1. The fraction of sp³-hybridized carbons (Fsp3) is 0.222. The minimum Gasteiger partial charge on any atom is -0.333 e. The first kappa shape index (κ1) is 16.7. The Morgan fingerprint density at radius 1 is 1.21 bits per heavy atom. The summed E-state index contributed by atoms with van der Waals surface area (Å²) in [5.41, 5.74) is 4.03. The maximum Gasteiger partial charge on any atom is 0.319 e. The van der Waals surface area contributed by atoms with Crippen LogP contribution >= 0.6 is 22.7 Å². The van der Waals surface area contributed by atoms with Gasteiger partial charge in [0.25, 0.3) is 0 Å². The van der Waals surface area contributed by atoms with Gasteiger partial charge in [0.2, 0.25) is 0 Å². The third kappa shape index (κ3) is 3.83. The number of amides is 2. The van der Waals surface area contributed by atoms with E-state index in [4.69, 9.17) is 0 Å². The van der Waals surface area contributed by atoms with Crippen molar-refractivity contribution in [2.75, 3.05) is 5.32 Å². The summed E-state index contributed by atoms with van der Waals surface area (Å²) in [4.78, 5) is 19.0. The Bertz CT molecular complexity index is 853. The maximum atomic E-state index is 12.1. The third-order valence-electron chi connectivity index (χ3n) is 3.66. The molecule has 0 saturated heterocycles. The topological polar surface area (TPSA) is 54.0 Å². The van der Waals surface area contributed by atoms with Gasteiger partial charge in [-0.05, 0) is 43.8 Å². The summed E-state index contributed by atoms with van der Waals surface area (Å²) in [6.07, 6.45) is 0. The Morgan fingerprint density at radius 3 is 2.75 bits per heavy atom. The maximum absolute atomic E-state index is 12.1. The van der Waals surface area contributed by atoms with Crippen molar-refractivity contribution < 1.29 is 4.79 Å². The van der Waals surface area contributed by atoms with Gasteiger partial charge < -0.3 is 10.6 Å². The molecule has 0 aliphatic rings. The van der Waals surface area contributed by atoms with Crippen LogP contribution in [0.1, 0.15) is 21.7 Å². The summed E-state index contributed by atoms with van der Waals surface area (Å²) in [5.74, 6) is 0. The summed E-state index contributed by atoms with van der Waals surface area (Å²) >= 11 is 3.30. The number of carbonyl (C=O) groups excluding carboxylic acids is 1. The van der Waals surface area contributed by atoms with Gasteiger partial charge in [0.1, 0.15) is 5.01 Å². The second-order valence-electron chi connectivity index (χ2n) is 5.63. The summed E-state index contributed by atoms with van der Waals surface area (Å²) in [6, 6.07) is 9.85. The van der Waals surface area contributed by atoms with Crippen LogP contribution in [0.15, 0.2) is 35.7 Å². The average Bonchev–Trinajstić information content (AvgIpc) is 3.17. The van der Waals surface area contributed by atoms with Crippen molar-refractivity contribution in [3.63, 3.8) is 0 Å². The summed E-state index contributed by atoms with van der Waals surface area (Å²) in [7, 11) is 0. The Hall–Kier alpha value is -2.18. The number of rotatable bonds is 4. The van der Waals surface area contributed by atoms with E-state index >= 15 is 0 Å². The first-order valence-corrected chi connectivity index (χ1v) is 9.35. The van der Waals surface area contributed by atoms with Crippen molar-refractivity contribution in [1.29, 1.82) is 0 Å². The van der Waals surface area contributed by atoms with Crippen molar-refractivity contribution in [2.24, 2.45) is 0 Å². The standard InChI is InChI=1S/C18H19N3OS2/c1-11-6-7-14(12(2)9-11)21-18(22)19-10-16-13(3)20-17(24-16)15-5-4-8-23-15/h4-9H,10H2,1-3H3,(H2,19,21,22). The first-order valence-electron chi connectivity index (χ1n) is 7.65. The Balaban J connectivity index is 1.62. The van der Waals surface area contributed by atoms with Gasteiger partial charge in [0.05, 0.1) is 17.1 Å². The number of hydrogen-bond acceptors (Lipinski definition) is 4. The quantitative estimate of drug-likeness (QED) is 0.681. The molecule has 0 atom stereocenters. The van der Waals surface area contributed by atoms with Gasteiger partial charge in [-0.2, -0.15) is 0 Å². The molecule has 2 heterocycles. The predicted octanol–water partition coefficient (Wildman–Crippen LogP) is 5.12. The number of aryl methyl sites for hydroxylation is 3. The molecule has 0 fully saturated rings. The molecule has 0 saturated carbocycles. The smallest absolute Gasteiger partial charge is 0.319 e. The van der Waals surface area contributed by atoms with Crippen molar-refractivity contribution in [1.82, 2.24) is 10.3 Å². The van der Waals surface area contributed by atoms with Gasteiger partial charge in [-0.3, -0.25) is 0 Å². The lowest BCUT2D eigenvalue weighted by Crippen LogP contribution is -2.28. The fourth-order valence-electron chi connectivity index (χ4n) is 2.38. The molecule has 6 heteroatoms. The molecule has 4 nitrogen and oxygen atoms in total. The zero-order chi connectivity index (χ0) is 17.1. The van der Waals surface area contributed by atoms with Crippen LogP contribution in [0.2, 0.25) is 0 Å². The highest BCUT2D eigenvalue weighted by Gasteiger charge is 2.11. The highest BCUT2D eigenvalue weighted by Crippen LogP contribution is 2.30. The van der Waals surface area contributed by atoms with E-state index in [1.54, 1.807) is 22.7 Å². The molecular weight excluding hydrogens is 338 g/mol. The van der Waals surface area contributed by atoms with Crippen molar-refractivity contribution >= 4 is 34.4 Å². The number of thiophene rings is 1. The number of hydrogen-bond donors (Lipinski definition) is 2. The first-order chi connectivity index (χ1) is 11.5. The molecule has 1 aromatic carbocycles. The van der Waals surface area contributed by atoms with E-state index in [2.05, 4.69) is 27.8 Å². The molecule has 2 aromatic heterocycles. The summed E-state index contributed by atoms with van der Waals surface area (Å²) in [5, 5.41) is 8.86. The zero-order valence-corrected chi connectivity index (χ0v) is 15.5. The van der Waals surface area contributed by atoms with Crippen LogP contribution in [-0.2, 0) is 6.54 Å². The average molecular weight is 358 g/mol. The fourth-order valence-corrected chi connectivity index (χ4v) is 4.18. The van der Waals surface area contributed by atoms with Crippen molar-refractivity contribution in [3.05, 3.63) is 57.4 Å². The largest absolute Gasteiger partial charge is 0.333 e. The highest BCUT2D eigenvalue weighted by atomic mass is 32.1. The highest BCUT2D eigenvalue weighted by molar-refractivity contribution is 7.21. The molecule has 0 spiro atoms. The van der Waals surface area contributed by atoms with Crippen LogP contribution in [-0.4, -0.2) is 11.0 Å². The van der Waals surface area contributed by atoms with E-state index in [9.17, 15) is 4.79 Å². The lowest BCUT2D eigenvalue weighted by atomic mass is 10.1. The summed E-state index contributed by atoms with van der Waals surface area (Å²) in [6.45, 7) is 6.48. The van der Waals surface area contributed by atoms with Gasteiger partial charge >= 0.3 is 6.03 Å². The van der Waals surface area contributed by atoms with E-state index in [1.807, 2.05) is 44.4 Å². The second-order valence-corrected chi connectivity index (χ2v) is 7.66. The molecule has 0 aliphatic carbocycles. The zero-order valence-electron chi connectivity index (χ0n) is 13.8. The van der Waals surface area contributed by atoms with Gasteiger partial charge in [0, 0.05) is 10.6 Å². The van der Waals surface area contributed by atoms with Crippen LogP contribution in [0.25, 0.3) is 9.88 Å². The molecule has 2 N–H and O–H groups in total. The predicted molar refractivity (Wildman–Crippen MR) is 102 cm³/mol. The minimum atomic E-state index is -0.201. The third-order valence-corrected chi connectivity index (χ3v) is 5.86. The van der Waals surface area contributed by atoms with E-state index in [0.29, 0.717) is 6.54 Å². The lowest BCUT2D eigenvalue weighted by molar-refractivity contribution is 0.252. The molecule has 0 bridgehead atoms. The van der Waals surface area contributed by atoms with Crippen molar-refractivity contribution in [2.45, 2.75) is 27.3 Å². The van der Waals surface area contributed by atoms with Gasteiger partial charge in [0.15, 0.2) is 0 Å². The molecule has 2 amide bonds. The number of benzene rings is 1. The number of anilines is 1. The minimum absolute atomic E-state index is 0.201. The molecule has 124 valence electrons. The number of thiazole rings is 1. The molecule has 24 heavy (non-hydrogen) atoms. The molecule has 3 rings (SSSR count). The molecular formula is C18H19N3OS2. The van der Waals surface area contributed by atoms with Crippen LogP contribution in [0.5, 0.6) is 0 Å². The SMILES string of the molecule is Cc1ccc(NC(=O)NCc2sc(-c3cccs3)nc2C)c(C)c1. The monoisotopic (exact) mass is 357 g/mol. The van der Waals surface area contributed by atoms with E-state index < -0.39 is 0 Å². The van der Waals surface area contributed by atoms with Crippen LogP contribution in [0.3, 0.4) is 0 Å². The molecule has 3 aromatic rings. The molecule has 0 unspecified atom stereocenters. The lowest BCUT2D eigenvalue weighted by Gasteiger charge is -2.10. The number of nitrogens with zero attached hydrogens (tertiary/aromatic N) is 1. The summed E-state index contributed by atoms with van der Waals surface area (Å²) < 4.78 is 0. The molecule has 0 radical (unpaired) electrons. The Morgan fingerprint density at radius 2 is 2.04 bits per heavy atom. The molecule has 0 aliphatic heterocycles. The van der Waals surface area contributed by atoms with E-state index in [1.165, 1.54) is 5.56 Å². The van der Waals surface area contributed by atoms with Crippen LogP contribution in [0, 0.1) is 20.8 Å². The van der Waals surface area contributed by atoms with Crippen LogP contribution in [0.4, 0.5) is 10.5 Å². The Kier molecular flexibility index (Phi) is 4.97.